The van der Waals surface area contributed by atoms with Gasteiger partial charge in [0.25, 0.3) is 0 Å². The van der Waals surface area contributed by atoms with Crippen molar-refractivity contribution in [2.24, 2.45) is 0 Å². The lowest BCUT2D eigenvalue weighted by atomic mass is 10.1. The lowest BCUT2D eigenvalue weighted by molar-refractivity contribution is 0.508. The Kier molecular flexibility index (Phi) is 3.72. The highest BCUT2D eigenvalue weighted by atomic mass is 35.5. The van der Waals surface area contributed by atoms with Crippen molar-refractivity contribution >= 4 is 22.6 Å². The number of fused-ring (bicyclic) bond motifs is 1. The van der Waals surface area contributed by atoms with E-state index in [1.54, 1.807) is 0 Å². The Morgan fingerprint density at radius 1 is 1.20 bits per heavy atom. The monoisotopic (exact) mass is 285 g/mol. The van der Waals surface area contributed by atoms with Crippen LogP contribution in [-0.2, 0) is 6.54 Å². The first-order valence-electron chi connectivity index (χ1n) is 6.60. The number of hydrogen-bond acceptors (Lipinski definition) is 2. The van der Waals surface area contributed by atoms with E-state index in [2.05, 4.69) is 27.0 Å². The summed E-state index contributed by atoms with van der Waals surface area (Å²) in [5.74, 6) is 0. The molecule has 1 N–H and O–H groups in total. The highest BCUT2D eigenvalue weighted by molar-refractivity contribution is 6.30. The lowest BCUT2D eigenvalue weighted by Crippen LogP contribution is -2.21. The predicted octanol–water partition coefficient (Wildman–Crippen LogP) is 3.65. The van der Waals surface area contributed by atoms with Gasteiger partial charge in [0, 0.05) is 11.6 Å². The van der Waals surface area contributed by atoms with Gasteiger partial charge in [0.2, 0.25) is 0 Å². The zero-order valence-electron chi connectivity index (χ0n) is 11.3. The number of likely N-dealkylation sites (N-methyl/N-ethyl adjacent to an activating group) is 1. The lowest BCUT2D eigenvalue weighted by Gasteiger charge is -2.18. The molecule has 0 fully saturated rings. The smallest absolute Gasteiger partial charge is 0.0958 e. The topological polar surface area (TPSA) is 29.9 Å². The Balaban J connectivity index is 1.92. The third-order valence-electron chi connectivity index (χ3n) is 3.51. The molecular formula is C16H16ClN3. The van der Waals surface area contributed by atoms with Crippen LogP contribution in [0.15, 0.2) is 54.9 Å². The van der Waals surface area contributed by atoms with Crippen LogP contribution < -0.4 is 5.32 Å². The summed E-state index contributed by atoms with van der Waals surface area (Å²) in [4.78, 5) is 4.43. The van der Waals surface area contributed by atoms with Crippen molar-refractivity contribution in [3.8, 4) is 0 Å². The van der Waals surface area contributed by atoms with Crippen molar-refractivity contribution in [1.29, 1.82) is 0 Å². The van der Waals surface area contributed by atoms with Crippen molar-refractivity contribution in [1.82, 2.24) is 14.9 Å². The molecule has 1 aromatic heterocycles. The van der Waals surface area contributed by atoms with Crippen LogP contribution in [0.25, 0.3) is 11.0 Å². The Bertz CT molecular complexity index is 720. The number of hydrogen-bond donors (Lipinski definition) is 1. The van der Waals surface area contributed by atoms with Crippen molar-refractivity contribution in [3.05, 3.63) is 65.4 Å². The molecule has 3 aromatic rings. The molecule has 0 saturated carbocycles. The fourth-order valence-corrected chi connectivity index (χ4v) is 2.64. The highest BCUT2D eigenvalue weighted by Gasteiger charge is 2.12. The van der Waals surface area contributed by atoms with E-state index in [0.29, 0.717) is 0 Å². The summed E-state index contributed by atoms with van der Waals surface area (Å²) in [5.41, 5.74) is 3.35. The first-order valence-corrected chi connectivity index (χ1v) is 6.98. The van der Waals surface area contributed by atoms with Crippen LogP contribution in [0.3, 0.4) is 0 Å². The highest BCUT2D eigenvalue weighted by Crippen LogP contribution is 2.21. The molecule has 0 amide bonds. The van der Waals surface area contributed by atoms with Crippen LogP contribution in [0.4, 0.5) is 0 Å². The number of nitrogens with one attached hydrogen (secondary N) is 1. The van der Waals surface area contributed by atoms with Gasteiger partial charge in [-0.25, -0.2) is 4.98 Å². The molecule has 0 saturated heterocycles. The minimum atomic E-state index is 0.200. The standard InChI is InChI=1S/C16H16ClN3/c1-18-15(12-5-4-6-13(17)9-12)10-20-11-19-14-7-2-3-8-16(14)20/h2-9,11,15,18H,10H2,1H3. The van der Waals surface area contributed by atoms with Gasteiger partial charge in [-0.3, -0.25) is 0 Å². The second-order valence-electron chi connectivity index (χ2n) is 4.78. The maximum absolute atomic E-state index is 6.08. The van der Waals surface area contributed by atoms with Crippen molar-refractivity contribution < 1.29 is 0 Å². The molecule has 2 aromatic carbocycles. The van der Waals surface area contributed by atoms with E-state index in [4.69, 9.17) is 11.6 Å². The number of aromatic nitrogens is 2. The van der Waals surface area contributed by atoms with Gasteiger partial charge < -0.3 is 9.88 Å². The molecule has 0 aliphatic carbocycles. The molecule has 1 atom stereocenters. The maximum Gasteiger partial charge on any atom is 0.0958 e. The van der Waals surface area contributed by atoms with Gasteiger partial charge >= 0.3 is 0 Å². The van der Waals surface area contributed by atoms with Crippen LogP contribution >= 0.6 is 11.6 Å². The van der Waals surface area contributed by atoms with Crippen LogP contribution in [0, 0.1) is 0 Å². The second-order valence-corrected chi connectivity index (χ2v) is 5.22. The Labute approximate surface area is 123 Å². The zero-order valence-corrected chi connectivity index (χ0v) is 12.0. The molecule has 20 heavy (non-hydrogen) atoms. The maximum atomic E-state index is 6.08. The summed E-state index contributed by atoms with van der Waals surface area (Å²) < 4.78 is 2.16. The molecule has 0 bridgehead atoms. The minimum Gasteiger partial charge on any atom is -0.329 e. The van der Waals surface area contributed by atoms with E-state index in [0.717, 1.165) is 22.6 Å². The zero-order chi connectivity index (χ0) is 13.9. The minimum absolute atomic E-state index is 0.200. The summed E-state index contributed by atoms with van der Waals surface area (Å²) in [7, 11) is 1.96. The normalized spacial score (nSPS) is 12.7. The van der Waals surface area contributed by atoms with E-state index in [1.807, 2.05) is 49.8 Å². The van der Waals surface area contributed by atoms with Gasteiger partial charge in [0.1, 0.15) is 0 Å². The average molecular weight is 286 g/mol. The molecule has 3 rings (SSSR count). The number of nitrogens with zero attached hydrogens (tertiary/aromatic N) is 2. The Morgan fingerprint density at radius 2 is 2.05 bits per heavy atom. The number of para-hydroxylation sites is 2. The largest absolute Gasteiger partial charge is 0.329 e. The summed E-state index contributed by atoms with van der Waals surface area (Å²) in [6.45, 7) is 0.817. The number of benzene rings is 2. The molecule has 4 heteroatoms. The fourth-order valence-electron chi connectivity index (χ4n) is 2.44. The van der Waals surface area contributed by atoms with E-state index < -0.39 is 0 Å². The van der Waals surface area contributed by atoms with Crippen LogP contribution in [0.2, 0.25) is 5.02 Å². The first-order chi connectivity index (χ1) is 9.78. The van der Waals surface area contributed by atoms with Crippen LogP contribution in [0.5, 0.6) is 0 Å². The SMILES string of the molecule is CNC(Cn1cnc2ccccc21)c1cccc(Cl)c1. The summed E-state index contributed by atoms with van der Waals surface area (Å²) in [6, 6.07) is 16.3. The third kappa shape index (κ3) is 2.55. The fraction of sp³-hybridized carbons (Fsp3) is 0.188. The van der Waals surface area contributed by atoms with Crippen molar-refractivity contribution in [2.45, 2.75) is 12.6 Å². The second kappa shape index (κ2) is 5.65. The molecule has 3 nitrogen and oxygen atoms in total. The Morgan fingerprint density at radius 3 is 2.85 bits per heavy atom. The average Bonchev–Trinajstić information content (AvgIpc) is 2.88. The van der Waals surface area contributed by atoms with Gasteiger partial charge in [-0.1, -0.05) is 35.9 Å². The van der Waals surface area contributed by atoms with Gasteiger partial charge in [-0.15, -0.1) is 0 Å². The van der Waals surface area contributed by atoms with Crippen molar-refractivity contribution in [2.75, 3.05) is 7.05 Å². The van der Waals surface area contributed by atoms with E-state index in [9.17, 15) is 0 Å². The summed E-state index contributed by atoms with van der Waals surface area (Å²) in [6.07, 6.45) is 1.89. The quantitative estimate of drug-likeness (QED) is 0.793. The number of imidazole rings is 1. The molecule has 0 aliphatic rings. The Hall–Kier alpha value is -1.84. The van der Waals surface area contributed by atoms with Gasteiger partial charge in [0.15, 0.2) is 0 Å². The summed E-state index contributed by atoms with van der Waals surface area (Å²) >= 11 is 6.08. The van der Waals surface area contributed by atoms with Crippen LogP contribution in [0.1, 0.15) is 11.6 Å². The van der Waals surface area contributed by atoms with Gasteiger partial charge in [-0.05, 0) is 36.9 Å². The first kappa shape index (κ1) is 13.2. The molecule has 1 heterocycles. The number of rotatable bonds is 4. The molecule has 0 aliphatic heterocycles. The van der Waals surface area contributed by atoms with Gasteiger partial charge in [0.05, 0.1) is 23.4 Å². The molecule has 102 valence electrons. The van der Waals surface area contributed by atoms with E-state index in [1.165, 1.54) is 5.56 Å². The van der Waals surface area contributed by atoms with E-state index >= 15 is 0 Å². The number of halogens is 1. The van der Waals surface area contributed by atoms with Gasteiger partial charge in [-0.2, -0.15) is 0 Å². The van der Waals surface area contributed by atoms with E-state index in [-0.39, 0.29) is 6.04 Å². The molecule has 0 spiro atoms. The molecule has 1 unspecified atom stereocenters. The molecular weight excluding hydrogens is 270 g/mol. The van der Waals surface area contributed by atoms with Crippen LogP contribution in [-0.4, -0.2) is 16.6 Å². The summed E-state index contributed by atoms with van der Waals surface area (Å²) in [5, 5.41) is 4.10. The third-order valence-corrected chi connectivity index (χ3v) is 3.74. The van der Waals surface area contributed by atoms with Crippen molar-refractivity contribution in [3.63, 3.8) is 0 Å². The predicted molar refractivity (Wildman–Crippen MR) is 83.0 cm³/mol. The molecule has 0 radical (unpaired) electrons.